The van der Waals surface area contributed by atoms with Crippen LogP contribution in [0, 0.1) is 6.92 Å². The van der Waals surface area contributed by atoms with Crippen molar-refractivity contribution in [2.75, 3.05) is 13.2 Å². The van der Waals surface area contributed by atoms with Crippen LogP contribution in [-0.2, 0) is 10.3 Å². The van der Waals surface area contributed by atoms with Gasteiger partial charge in [-0.1, -0.05) is 11.6 Å². The van der Waals surface area contributed by atoms with Crippen LogP contribution in [0.5, 0.6) is 0 Å². The van der Waals surface area contributed by atoms with Crippen molar-refractivity contribution in [3.63, 3.8) is 0 Å². The lowest BCUT2D eigenvalue weighted by molar-refractivity contribution is -0.0903. The molecule has 1 aromatic heterocycles. The zero-order chi connectivity index (χ0) is 13.5. The number of ether oxygens (including phenoxy) is 1. The fourth-order valence-corrected chi connectivity index (χ4v) is 2.90. The molecule has 1 saturated heterocycles. The molecule has 1 aliphatic heterocycles. The van der Waals surface area contributed by atoms with Gasteiger partial charge in [-0.2, -0.15) is 0 Å². The van der Waals surface area contributed by atoms with Gasteiger partial charge in [-0.25, -0.2) is 0 Å². The smallest absolute Gasteiger partial charge is 0.114 e. The maximum absolute atomic E-state index is 10.6. The Hall–Kier alpha value is -1.16. The molecule has 1 N–H and O–H groups in total. The summed E-state index contributed by atoms with van der Waals surface area (Å²) < 4.78 is 5.39. The Kier molecular flexibility index (Phi) is 3.21. The predicted octanol–water partition coefficient (Wildman–Crippen LogP) is 3.19. The summed E-state index contributed by atoms with van der Waals surface area (Å²) in [6.07, 6.45) is 3.28. The lowest BCUT2D eigenvalue weighted by atomic mass is 9.89. The maximum atomic E-state index is 10.6. The third-order valence-electron chi connectivity index (χ3n) is 3.65. The first-order chi connectivity index (χ1) is 9.08. The number of fused-ring (bicyclic) bond motifs is 1. The zero-order valence-corrected chi connectivity index (χ0v) is 11.6. The molecule has 0 bridgehead atoms. The van der Waals surface area contributed by atoms with Gasteiger partial charge in [0.15, 0.2) is 0 Å². The van der Waals surface area contributed by atoms with E-state index >= 15 is 0 Å². The Morgan fingerprint density at radius 1 is 1.37 bits per heavy atom. The van der Waals surface area contributed by atoms with Crippen LogP contribution in [-0.4, -0.2) is 23.3 Å². The number of hydrogen-bond acceptors (Lipinski definition) is 3. The highest BCUT2D eigenvalue weighted by Gasteiger charge is 2.32. The van der Waals surface area contributed by atoms with Crippen LogP contribution in [0.15, 0.2) is 24.4 Å². The number of aryl methyl sites for hydroxylation is 1. The molecule has 2 aromatic rings. The summed E-state index contributed by atoms with van der Waals surface area (Å²) in [5, 5.41) is 12.2. The average molecular weight is 278 g/mol. The van der Waals surface area contributed by atoms with Crippen molar-refractivity contribution >= 4 is 22.5 Å². The van der Waals surface area contributed by atoms with Crippen molar-refractivity contribution < 1.29 is 9.84 Å². The molecule has 100 valence electrons. The van der Waals surface area contributed by atoms with E-state index in [1.807, 2.05) is 25.1 Å². The van der Waals surface area contributed by atoms with Gasteiger partial charge in [-0.15, -0.1) is 0 Å². The summed E-state index contributed by atoms with van der Waals surface area (Å²) in [5.74, 6) is 0. The lowest BCUT2D eigenvalue weighted by Gasteiger charge is -2.32. The minimum Gasteiger partial charge on any atom is -0.383 e. The van der Waals surface area contributed by atoms with Crippen molar-refractivity contribution in [3.8, 4) is 0 Å². The monoisotopic (exact) mass is 277 g/mol. The van der Waals surface area contributed by atoms with E-state index in [1.165, 1.54) is 0 Å². The highest BCUT2D eigenvalue weighted by atomic mass is 35.5. The molecule has 1 aromatic carbocycles. The summed E-state index contributed by atoms with van der Waals surface area (Å²) in [7, 11) is 0. The predicted molar refractivity (Wildman–Crippen MR) is 75.4 cm³/mol. The number of nitrogens with zero attached hydrogens (tertiary/aromatic N) is 1. The van der Waals surface area contributed by atoms with Gasteiger partial charge in [0.05, 0.1) is 17.1 Å². The van der Waals surface area contributed by atoms with Crippen LogP contribution >= 0.6 is 11.6 Å². The SMILES string of the molecule is Cc1cc(Cl)c2cc(C3(O)CCCOC3)cnc2c1. The van der Waals surface area contributed by atoms with Gasteiger partial charge < -0.3 is 9.84 Å². The summed E-state index contributed by atoms with van der Waals surface area (Å²) in [5.41, 5.74) is 1.78. The number of pyridine rings is 1. The van der Waals surface area contributed by atoms with Crippen LogP contribution in [0.2, 0.25) is 5.02 Å². The number of halogens is 1. The van der Waals surface area contributed by atoms with Crippen LogP contribution in [0.25, 0.3) is 10.9 Å². The van der Waals surface area contributed by atoms with E-state index < -0.39 is 5.60 Å². The van der Waals surface area contributed by atoms with Gasteiger partial charge in [0.2, 0.25) is 0 Å². The first-order valence-corrected chi connectivity index (χ1v) is 6.83. The Morgan fingerprint density at radius 3 is 2.95 bits per heavy atom. The van der Waals surface area contributed by atoms with Crippen molar-refractivity contribution in [1.29, 1.82) is 0 Å². The topological polar surface area (TPSA) is 42.4 Å². The molecule has 19 heavy (non-hydrogen) atoms. The fraction of sp³-hybridized carbons (Fsp3) is 0.400. The summed E-state index contributed by atoms with van der Waals surface area (Å²) in [4.78, 5) is 4.42. The molecular weight excluding hydrogens is 262 g/mol. The lowest BCUT2D eigenvalue weighted by Crippen LogP contribution is -2.35. The van der Waals surface area contributed by atoms with Gasteiger partial charge in [0.25, 0.3) is 0 Å². The van der Waals surface area contributed by atoms with Gasteiger partial charge >= 0.3 is 0 Å². The van der Waals surface area contributed by atoms with Gasteiger partial charge in [-0.3, -0.25) is 4.98 Å². The van der Waals surface area contributed by atoms with Gasteiger partial charge in [0, 0.05) is 23.8 Å². The molecule has 3 rings (SSSR count). The van der Waals surface area contributed by atoms with Crippen molar-refractivity contribution in [3.05, 3.63) is 40.5 Å². The summed E-state index contributed by atoms with van der Waals surface area (Å²) in [6, 6.07) is 5.84. The molecule has 0 aliphatic carbocycles. The van der Waals surface area contributed by atoms with Crippen molar-refractivity contribution in [1.82, 2.24) is 4.98 Å². The highest BCUT2D eigenvalue weighted by Crippen LogP contribution is 2.33. The second kappa shape index (κ2) is 4.75. The minimum atomic E-state index is -0.937. The normalized spacial score (nSPS) is 23.7. The van der Waals surface area contributed by atoms with Gasteiger partial charge in [0.1, 0.15) is 5.60 Å². The quantitative estimate of drug-likeness (QED) is 0.870. The molecule has 2 heterocycles. The Balaban J connectivity index is 2.11. The maximum Gasteiger partial charge on any atom is 0.114 e. The standard InChI is InChI=1S/C15H16ClNO2/c1-10-5-13(16)12-7-11(8-17-14(12)6-10)15(18)3-2-4-19-9-15/h5-8,18H,2-4,9H2,1H3. The Morgan fingerprint density at radius 2 is 2.21 bits per heavy atom. The number of rotatable bonds is 1. The minimum absolute atomic E-state index is 0.323. The van der Waals surface area contributed by atoms with Crippen molar-refractivity contribution in [2.24, 2.45) is 0 Å². The molecule has 1 unspecified atom stereocenters. The van der Waals surface area contributed by atoms with Crippen LogP contribution in [0.1, 0.15) is 24.0 Å². The first-order valence-electron chi connectivity index (χ1n) is 6.45. The zero-order valence-electron chi connectivity index (χ0n) is 10.8. The number of hydrogen-bond donors (Lipinski definition) is 1. The molecule has 0 amide bonds. The second-order valence-electron chi connectivity index (χ2n) is 5.23. The van der Waals surface area contributed by atoms with E-state index in [1.54, 1.807) is 6.20 Å². The largest absolute Gasteiger partial charge is 0.383 e. The first kappa shape index (κ1) is 12.9. The van der Waals surface area contributed by atoms with E-state index in [4.69, 9.17) is 16.3 Å². The molecular formula is C15H16ClNO2. The molecule has 0 saturated carbocycles. The Bertz CT molecular complexity index is 621. The summed E-state index contributed by atoms with van der Waals surface area (Å²) in [6.45, 7) is 3.02. The summed E-state index contributed by atoms with van der Waals surface area (Å²) >= 11 is 6.27. The van der Waals surface area contributed by atoms with E-state index in [9.17, 15) is 5.11 Å². The average Bonchev–Trinajstić information content (AvgIpc) is 2.39. The molecule has 4 heteroatoms. The van der Waals surface area contributed by atoms with Crippen LogP contribution in [0.4, 0.5) is 0 Å². The molecule has 1 fully saturated rings. The molecule has 1 atom stereocenters. The fourth-order valence-electron chi connectivity index (χ4n) is 2.58. The third-order valence-corrected chi connectivity index (χ3v) is 3.96. The van der Waals surface area contributed by atoms with E-state index in [-0.39, 0.29) is 0 Å². The van der Waals surface area contributed by atoms with Gasteiger partial charge in [-0.05, 0) is 43.5 Å². The van der Waals surface area contributed by atoms with E-state index in [0.717, 1.165) is 28.5 Å². The molecule has 3 nitrogen and oxygen atoms in total. The van der Waals surface area contributed by atoms with E-state index in [2.05, 4.69) is 4.98 Å². The number of aromatic nitrogens is 1. The molecule has 0 radical (unpaired) electrons. The van der Waals surface area contributed by atoms with Crippen LogP contribution in [0.3, 0.4) is 0 Å². The molecule has 1 aliphatic rings. The third kappa shape index (κ3) is 2.34. The number of benzene rings is 1. The second-order valence-corrected chi connectivity index (χ2v) is 5.63. The van der Waals surface area contributed by atoms with E-state index in [0.29, 0.717) is 24.7 Å². The highest BCUT2D eigenvalue weighted by molar-refractivity contribution is 6.35. The number of aliphatic hydroxyl groups is 1. The van der Waals surface area contributed by atoms with Crippen molar-refractivity contribution in [2.45, 2.75) is 25.4 Å². The van der Waals surface area contributed by atoms with Crippen LogP contribution < -0.4 is 0 Å². The molecule has 0 spiro atoms. The Labute approximate surface area is 117 Å².